The summed E-state index contributed by atoms with van der Waals surface area (Å²) < 4.78 is 45.2. The highest BCUT2D eigenvalue weighted by molar-refractivity contribution is 5.98. The molecule has 0 N–H and O–H groups in total. The number of hydrogen-bond donors (Lipinski definition) is 0. The monoisotopic (exact) mass is 618 g/mol. The standard InChI is InChI=1S/C35H37F3N4O3/c1-4-39-22-28(35(45)42(23(2)3)21-25-11-12-26(36)18-29(25)37)34(44)27-19-30(38)32(20-31(27)39)40-14-16-41(17-15-40)33(43)13-10-24-8-6-5-7-9-24/h5-9,11-12,18-20,22-23H,4,10,13-17,21H2,1-3H3. The number of aromatic nitrogens is 1. The highest BCUT2D eigenvalue weighted by atomic mass is 19.1. The summed E-state index contributed by atoms with van der Waals surface area (Å²) in [6.45, 7) is 7.36. The van der Waals surface area contributed by atoms with Crippen molar-refractivity contribution in [3.05, 3.63) is 111 Å². The van der Waals surface area contributed by atoms with Crippen LogP contribution >= 0.6 is 0 Å². The first-order valence-electron chi connectivity index (χ1n) is 15.3. The molecular formula is C35H37F3N4O3. The van der Waals surface area contributed by atoms with Gasteiger partial charge in [-0.1, -0.05) is 36.4 Å². The van der Waals surface area contributed by atoms with Gasteiger partial charge in [0.1, 0.15) is 23.0 Å². The first kappa shape index (κ1) is 31.8. The van der Waals surface area contributed by atoms with Gasteiger partial charge in [0.25, 0.3) is 5.91 Å². The van der Waals surface area contributed by atoms with E-state index in [0.717, 1.165) is 17.7 Å². The summed E-state index contributed by atoms with van der Waals surface area (Å²) >= 11 is 0. The molecular weight excluding hydrogens is 581 g/mol. The zero-order valence-electron chi connectivity index (χ0n) is 25.7. The van der Waals surface area contributed by atoms with Crippen LogP contribution in [0.3, 0.4) is 0 Å². The predicted molar refractivity (Wildman–Crippen MR) is 169 cm³/mol. The second-order valence-corrected chi connectivity index (χ2v) is 11.6. The third kappa shape index (κ3) is 6.90. The Bertz CT molecular complexity index is 1770. The van der Waals surface area contributed by atoms with Crippen molar-refractivity contribution < 1.29 is 22.8 Å². The molecule has 0 saturated carbocycles. The van der Waals surface area contributed by atoms with Crippen LogP contribution in [0.2, 0.25) is 0 Å². The molecule has 45 heavy (non-hydrogen) atoms. The Morgan fingerprint density at radius 2 is 1.62 bits per heavy atom. The molecule has 236 valence electrons. The smallest absolute Gasteiger partial charge is 0.259 e. The van der Waals surface area contributed by atoms with Gasteiger partial charge in [0.15, 0.2) is 0 Å². The molecule has 1 aliphatic rings. The third-order valence-electron chi connectivity index (χ3n) is 8.40. The number of anilines is 1. The molecule has 0 radical (unpaired) electrons. The average molecular weight is 619 g/mol. The summed E-state index contributed by atoms with van der Waals surface area (Å²) in [6, 6.07) is 15.4. The quantitative estimate of drug-likeness (QED) is 0.239. The highest BCUT2D eigenvalue weighted by Gasteiger charge is 2.27. The van der Waals surface area contributed by atoms with Crippen molar-refractivity contribution in [2.24, 2.45) is 0 Å². The maximum atomic E-state index is 15.6. The van der Waals surface area contributed by atoms with Crippen LogP contribution in [0.4, 0.5) is 18.9 Å². The van der Waals surface area contributed by atoms with Gasteiger partial charge in [-0.05, 0) is 51.0 Å². The second-order valence-electron chi connectivity index (χ2n) is 11.6. The summed E-state index contributed by atoms with van der Waals surface area (Å²) in [5.41, 5.74) is 1.25. The normalized spacial score (nSPS) is 13.5. The largest absolute Gasteiger partial charge is 0.366 e. The number of pyridine rings is 1. The van der Waals surface area contributed by atoms with Gasteiger partial charge in [0.05, 0.1) is 11.2 Å². The van der Waals surface area contributed by atoms with Gasteiger partial charge in [-0.3, -0.25) is 14.4 Å². The Kier molecular flexibility index (Phi) is 9.60. The van der Waals surface area contributed by atoms with E-state index in [0.29, 0.717) is 56.8 Å². The minimum atomic E-state index is -0.787. The minimum Gasteiger partial charge on any atom is -0.366 e. The molecule has 0 atom stereocenters. The summed E-state index contributed by atoms with van der Waals surface area (Å²) in [6.07, 6.45) is 2.54. The van der Waals surface area contributed by atoms with Gasteiger partial charge in [-0.25, -0.2) is 13.2 Å². The van der Waals surface area contributed by atoms with E-state index in [1.807, 2.05) is 42.2 Å². The number of hydrogen-bond acceptors (Lipinski definition) is 4. The number of aryl methyl sites for hydroxylation is 2. The van der Waals surface area contributed by atoms with Crippen LogP contribution in [0.15, 0.2) is 71.7 Å². The minimum absolute atomic E-state index is 0.0621. The summed E-state index contributed by atoms with van der Waals surface area (Å²) in [4.78, 5) is 45.2. The number of amides is 2. The lowest BCUT2D eigenvalue weighted by molar-refractivity contribution is -0.131. The Morgan fingerprint density at radius 1 is 0.911 bits per heavy atom. The van der Waals surface area contributed by atoms with Crippen molar-refractivity contribution in [3.63, 3.8) is 0 Å². The number of nitrogens with zero attached hydrogens (tertiary/aromatic N) is 4. The van der Waals surface area contributed by atoms with Crippen molar-refractivity contribution in [2.75, 3.05) is 31.1 Å². The molecule has 1 saturated heterocycles. The molecule has 0 bridgehead atoms. The Labute approximate surface area is 260 Å². The Balaban J connectivity index is 1.36. The number of rotatable bonds is 9. The van der Waals surface area contributed by atoms with Crippen LogP contribution in [0.25, 0.3) is 10.9 Å². The second kappa shape index (κ2) is 13.6. The number of benzene rings is 3. The van der Waals surface area contributed by atoms with E-state index in [9.17, 15) is 23.2 Å². The van der Waals surface area contributed by atoms with Crippen molar-refractivity contribution in [3.8, 4) is 0 Å². The first-order valence-corrected chi connectivity index (χ1v) is 15.3. The fraction of sp³-hybridized carbons (Fsp3) is 0.343. The number of halogens is 3. The maximum Gasteiger partial charge on any atom is 0.259 e. The third-order valence-corrected chi connectivity index (χ3v) is 8.40. The lowest BCUT2D eigenvalue weighted by atomic mass is 10.1. The first-order chi connectivity index (χ1) is 21.6. The lowest BCUT2D eigenvalue weighted by Gasteiger charge is -2.36. The molecule has 2 heterocycles. The lowest BCUT2D eigenvalue weighted by Crippen LogP contribution is -2.49. The Hall–Kier alpha value is -4.60. The molecule has 4 aromatic rings. The van der Waals surface area contributed by atoms with Crippen molar-refractivity contribution in [1.82, 2.24) is 14.4 Å². The maximum absolute atomic E-state index is 15.6. The molecule has 7 nitrogen and oxygen atoms in total. The SMILES string of the molecule is CCn1cc(C(=O)N(Cc2ccc(F)cc2F)C(C)C)c(=O)c2cc(F)c(N3CCN(C(=O)CCc4ccccc4)CC3)cc21. The fourth-order valence-corrected chi connectivity index (χ4v) is 5.78. The van der Waals surface area contributed by atoms with Crippen molar-refractivity contribution in [2.45, 2.75) is 52.7 Å². The number of fused-ring (bicyclic) bond motifs is 1. The van der Waals surface area contributed by atoms with E-state index in [2.05, 4.69) is 0 Å². The van der Waals surface area contributed by atoms with Crippen LogP contribution < -0.4 is 10.3 Å². The van der Waals surface area contributed by atoms with E-state index in [4.69, 9.17) is 0 Å². The van der Waals surface area contributed by atoms with Crippen LogP contribution in [0.1, 0.15) is 48.7 Å². The zero-order chi connectivity index (χ0) is 32.2. The van der Waals surface area contributed by atoms with E-state index in [1.165, 1.54) is 23.2 Å². The van der Waals surface area contributed by atoms with Crippen LogP contribution in [-0.4, -0.2) is 58.4 Å². The molecule has 1 aliphatic heterocycles. The molecule has 2 amide bonds. The van der Waals surface area contributed by atoms with Gasteiger partial charge in [0, 0.05) is 74.9 Å². The molecule has 1 fully saturated rings. The van der Waals surface area contributed by atoms with Gasteiger partial charge in [-0.2, -0.15) is 0 Å². The predicted octanol–water partition coefficient (Wildman–Crippen LogP) is 5.77. The molecule has 0 unspecified atom stereocenters. The molecule has 1 aromatic heterocycles. The number of carbonyl (C=O) groups excluding carboxylic acids is 2. The zero-order valence-corrected chi connectivity index (χ0v) is 25.7. The van der Waals surface area contributed by atoms with Crippen molar-refractivity contribution >= 4 is 28.4 Å². The summed E-state index contributed by atoms with van der Waals surface area (Å²) in [7, 11) is 0. The van der Waals surface area contributed by atoms with Crippen LogP contribution in [-0.2, 0) is 24.3 Å². The van der Waals surface area contributed by atoms with Crippen molar-refractivity contribution in [1.29, 1.82) is 0 Å². The number of carbonyl (C=O) groups is 2. The topological polar surface area (TPSA) is 65.9 Å². The molecule has 0 spiro atoms. The van der Waals surface area contributed by atoms with E-state index >= 15 is 4.39 Å². The average Bonchev–Trinajstić information content (AvgIpc) is 3.03. The number of piperazine rings is 1. The fourth-order valence-electron chi connectivity index (χ4n) is 5.78. The van der Waals surface area contributed by atoms with E-state index < -0.39 is 34.8 Å². The van der Waals surface area contributed by atoms with E-state index in [1.54, 1.807) is 29.4 Å². The van der Waals surface area contributed by atoms with Crippen LogP contribution in [0, 0.1) is 17.5 Å². The molecule has 3 aromatic carbocycles. The molecule has 0 aliphatic carbocycles. The van der Waals surface area contributed by atoms with Gasteiger partial charge in [0.2, 0.25) is 11.3 Å². The highest BCUT2D eigenvalue weighted by Crippen LogP contribution is 2.27. The van der Waals surface area contributed by atoms with Gasteiger partial charge < -0.3 is 19.3 Å². The summed E-state index contributed by atoms with van der Waals surface area (Å²) in [5.74, 6) is -2.67. The van der Waals surface area contributed by atoms with E-state index in [-0.39, 0.29) is 29.0 Å². The van der Waals surface area contributed by atoms with Crippen LogP contribution in [0.5, 0.6) is 0 Å². The van der Waals surface area contributed by atoms with Gasteiger partial charge >= 0.3 is 0 Å². The molecule has 10 heteroatoms. The Morgan fingerprint density at radius 3 is 2.27 bits per heavy atom. The molecule has 5 rings (SSSR count). The van der Waals surface area contributed by atoms with Gasteiger partial charge in [-0.15, -0.1) is 0 Å². The summed E-state index contributed by atoms with van der Waals surface area (Å²) in [5, 5.41) is 0.0651.